The molecule has 5 atom stereocenters. The lowest BCUT2D eigenvalue weighted by Gasteiger charge is -2.49. The SMILES string of the molecule is CC(=O)N[C@H]1[C@@H](Oc2ccc([N+](=O)[O-])cc2)O[C@@H]2COC(C)(C)O[C@H]2[C@@H]1O. The van der Waals surface area contributed by atoms with Crippen LogP contribution in [0.4, 0.5) is 5.69 Å². The third kappa shape index (κ3) is 4.35. The van der Waals surface area contributed by atoms with Crippen LogP contribution in [0, 0.1) is 10.1 Å². The molecule has 1 aromatic carbocycles. The lowest BCUT2D eigenvalue weighted by molar-refractivity contribution is -0.384. The number of nitrogens with one attached hydrogen (secondary N) is 1. The number of hydrogen-bond acceptors (Lipinski definition) is 8. The fourth-order valence-corrected chi connectivity index (χ4v) is 3.11. The summed E-state index contributed by atoms with van der Waals surface area (Å²) in [4.78, 5) is 21.8. The van der Waals surface area contributed by atoms with E-state index in [2.05, 4.69) is 5.32 Å². The number of benzene rings is 1. The Morgan fingerprint density at radius 1 is 1.37 bits per heavy atom. The van der Waals surface area contributed by atoms with Gasteiger partial charge in [-0.3, -0.25) is 14.9 Å². The summed E-state index contributed by atoms with van der Waals surface area (Å²) in [5.41, 5.74) is -0.0817. The number of nitrogens with zero attached hydrogens (tertiary/aromatic N) is 1. The van der Waals surface area contributed by atoms with Crippen molar-refractivity contribution in [3.8, 4) is 5.75 Å². The Hall–Kier alpha value is -2.27. The summed E-state index contributed by atoms with van der Waals surface area (Å²) in [6.07, 6.45) is -3.43. The minimum absolute atomic E-state index is 0.0817. The van der Waals surface area contributed by atoms with Gasteiger partial charge >= 0.3 is 0 Å². The molecular weight excluding hydrogens is 360 g/mol. The molecular formula is C17H22N2O8. The van der Waals surface area contributed by atoms with Crippen LogP contribution >= 0.6 is 0 Å². The number of rotatable bonds is 4. The van der Waals surface area contributed by atoms with Crippen molar-refractivity contribution in [3.05, 3.63) is 34.4 Å². The van der Waals surface area contributed by atoms with Crippen LogP contribution in [0.2, 0.25) is 0 Å². The molecule has 0 spiro atoms. The molecule has 0 aromatic heterocycles. The number of non-ortho nitro benzene ring substituents is 1. The minimum Gasteiger partial charge on any atom is -0.463 e. The molecule has 10 nitrogen and oxygen atoms in total. The largest absolute Gasteiger partial charge is 0.463 e. The number of nitro groups is 1. The highest BCUT2D eigenvalue weighted by Gasteiger charge is 2.52. The van der Waals surface area contributed by atoms with Gasteiger partial charge in [0.15, 0.2) is 5.79 Å². The number of fused-ring (bicyclic) bond motifs is 1. The molecule has 2 heterocycles. The number of aliphatic hydroxyl groups is 1. The van der Waals surface area contributed by atoms with Crippen molar-refractivity contribution in [2.45, 2.75) is 57.2 Å². The first-order valence-electron chi connectivity index (χ1n) is 8.50. The van der Waals surface area contributed by atoms with Gasteiger partial charge in [0.1, 0.15) is 30.1 Å². The Balaban J connectivity index is 1.79. The van der Waals surface area contributed by atoms with Gasteiger partial charge in [0, 0.05) is 19.1 Å². The fraction of sp³-hybridized carbons (Fsp3) is 0.588. The Kier molecular flexibility index (Phi) is 5.33. The first-order chi connectivity index (χ1) is 12.7. The summed E-state index contributed by atoms with van der Waals surface area (Å²) >= 11 is 0. The second-order valence-corrected chi connectivity index (χ2v) is 6.92. The molecule has 3 rings (SSSR count). The van der Waals surface area contributed by atoms with Crippen LogP contribution in [-0.4, -0.2) is 59.0 Å². The summed E-state index contributed by atoms with van der Waals surface area (Å²) in [7, 11) is 0. The van der Waals surface area contributed by atoms with Crippen molar-refractivity contribution in [1.82, 2.24) is 5.32 Å². The maximum Gasteiger partial charge on any atom is 0.269 e. The van der Waals surface area contributed by atoms with Crippen LogP contribution in [0.1, 0.15) is 20.8 Å². The molecule has 0 bridgehead atoms. The van der Waals surface area contributed by atoms with E-state index in [0.717, 1.165) is 0 Å². The normalized spacial score (nSPS) is 32.2. The van der Waals surface area contributed by atoms with E-state index in [4.69, 9.17) is 18.9 Å². The van der Waals surface area contributed by atoms with Crippen LogP contribution < -0.4 is 10.1 Å². The van der Waals surface area contributed by atoms with E-state index in [-0.39, 0.29) is 18.2 Å². The average molecular weight is 382 g/mol. The molecule has 2 aliphatic rings. The van der Waals surface area contributed by atoms with Crippen LogP contribution in [0.25, 0.3) is 0 Å². The molecule has 2 N–H and O–H groups in total. The lowest BCUT2D eigenvalue weighted by Crippen LogP contribution is -2.69. The standard InChI is InChI=1S/C17H22N2O8/c1-9(20)18-13-14(21)15-12(8-24-17(2,3)27-15)26-16(13)25-11-6-4-10(5-7-11)19(22)23/h4-7,12-16,21H,8H2,1-3H3,(H,18,20)/t12-,13-,14-,15-,16+/m1/s1. The summed E-state index contributed by atoms with van der Waals surface area (Å²) in [5.74, 6) is -0.965. The Morgan fingerprint density at radius 3 is 2.63 bits per heavy atom. The van der Waals surface area contributed by atoms with Gasteiger partial charge in [-0.25, -0.2) is 0 Å². The highest BCUT2D eigenvalue weighted by molar-refractivity contribution is 5.73. The van der Waals surface area contributed by atoms with E-state index in [0.29, 0.717) is 5.75 Å². The second-order valence-electron chi connectivity index (χ2n) is 6.92. The van der Waals surface area contributed by atoms with E-state index in [1.54, 1.807) is 13.8 Å². The zero-order valence-corrected chi connectivity index (χ0v) is 15.2. The van der Waals surface area contributed by atoms with Crippen LogP contribution in [-0.2, 0) is 19.0 Å². The average Bonchev–Trinajstić information content (AvgIpc) is 2.59. The molecule has 148 valence electrons. The zero-order chi connectivity index (χ0) is 19.8. The maximum absolute atomic E-state index is 11.6. The van der Waals surface area contributed by atoms with Crippen LogP contribution in [0.3, 0.4) is 0 Å². The Labute approximate surface area is 155 Å². The Morgan fingerprint density at radius 2 is 2.04 bits per heavy atom. The van der Waals surface area contributed by atoms with Crippen molar-refractivity contribution in [2.75, 3.05) is 6.61 Å². The monoisotopic (exact) mass is 382 g/mol. The number of carbonyl (C=O) groups excluding carboxylic acids is 1. The van der Waals surface area contributed by atoms with Gasteiger partial charge < -0.3 is 29.4 Å². The number of aliphatic hydroxyl groups excluding tert-OH is 1. The van der Waals surface area contributed by atoms with Crippen molar-refractivity contribution < 1.29 is 33.8 Å². The topological polar surface area (TPSA) is 129 Å². The molecule has 0 aliphatic carbocycles. The maximum atomic E-state index is 11.6. The van der Waals surface area contributed by atoms with Gasteiger partial charge in [-0.05, 0) is 26.0 Å². The molecule has 0 unspecified atom stereocenters. The van der Waals surface area contributed by atoms with Crippen molar-refractivity contribution in [2.24, 2.45) is 0 Å². The van der Waals surface area contributed by atoms with Crippen molar-refractivity contribution >= 4 is 11.6 Å². The summed E-state index contributed by atoms with van der Waals surface area (Å²) in [6, 6.07) is 4.52. The number of nitro benzene ring substituents is 1. The molecule has 2 aliphatic heterocycles. The Bertz CT molecular complexity index is 707. The van der Waals surface area contributed by atoms with Crippen molar-refractivity contribution in [1.29, 1.82) is 0 Å². The van der Waals surface area contributed by atoms with Gasteiger partial charge in [0.05, 0.1) is 11.5 Å². The summed E-state index contributed by atoms with van der Waals surface area (Å²) in [5, 5.41) is 24.2. The minimum atomic E-state index is -1.10. The van der Waals surface area contributed by atoms with E-state index >= 15 is 0 Å². The predicted octanol–water partition coefficient (Wildman–Crippen LogP) is 0.716. The lowest BCUT2D eigenvalue weighted by atomic mass is 9.95. The number of carbonyl (C=O) groups is 1. The summed E-state index contributed by atoms with van der Waals surface area (Å²) < 4.78 is 22.9. The van der Waals surface area contributed by atoms with Crippen molar-refractivity contribution in [3.63, 3.8) is 0 Å². The number of amides is 1. The number of hydrogen-bond donors (Lipinski definition) is 2. The quantitative estimate of drug-likeness (QED) is 0.575. The van der Waals surface area contributed by atoms with Crippen LogP contribution in [0.5, 0.6) is 5.75 Å². The molecule has 0 radical (unpaired) electrons. The van der Waals surface area contributed by atoms with Gasteiger partial charge in [-0.15, -0.1) is 0 Å². The molecule has 27 heavy (non-hydrogen) atoms. The van der Waals surface area contributed by atoms with Gasteiger partial charge in [0.2, 0.25) is 12.2 Å². The second kappa shape index (κ2) is 7.39. The molecule has 2 fully saturated rings. The molecule has 2 saturated heterocycles. The first kappa shape index (κ1) is 19.5. The molecule has 10 heteroatoms. The smallest absolute Gasteiger partial charge is 0.269 e. The first-order valence-corrected chi connectivity index (χ1v) is 8.50. The molecule has 0 saturated carbocycles. The van der Waals surface area contributed by atoms with E-state index < -0.39 is 41.4 Å². The highest BCUT2D eigenvalue weighted by atomic mass is 16.8. The van der Waals surface area contributed by atoms with E-state index in [1.165, 1.54) is 31.2 Å². The van der Waals surface area contributed by atoms with Gasteiger partial charge in [-0.1, -0.05) is 0 Å². The van der Waals surface area contributed by atoms with E-state index in [1.807, 2.05) is 0 Å². The molecule has 1 aromatic rings. The number of ether oxygens (including phenoxy) is 4. The third-order valence-electron chi connectivity index (χ3n) is 4.36. The highest BCUT2D eigenvalue weighted by Crippen LogP contribution is 2.33. The fourth-order valence-electron chi connectivity index (χ4n) is 3.11. The zero-order valence-electron chi connectivity index (χ0n) is 15.2. The third-order valence-corrected chi connectivity index (χ3v) is 4.36. The van der Waals surface area contributed by atoms with Gasteiger partial charge in [0.25, 0.3) is 5.69 Å². The molecule has 1 amide bonds. The van der Waals surface area contributed by atoms with Gasteiger partial charge in [-0.2, -0.15) is 0 Å². The van der Waals surface area contributed by atoms with E-state index in [9.17, 15) is 20.0 Å². The predicted molar refractivity (Wildman–Crippen MR) is 90.9 cm³/mol. The summed E-state index contributed by atoms with van der Waals surface area (Å²) in [6.45, 7) is 4.95. The van der Waals surface area contributed by atoms with Crippen LogP contribution in [0.15, 0.2) is 24.3 Å².